The zero-order chi connectivity index (χ0) is 12.4. The Kier molecular flexibility index (Phi) is 3.23. The molecule has 0 saturated carbocycles. The van der Waals surface area contributed by atoms with Gasteiger partial charge in [-0.1, -0.05) is 16.8 Å². The van der Waals surface area contributed by atoms with Crippen molar-refractivity contribution in [3.05, 3.63) is 28.3 Å². The number of aryl methyl sites for hydroxylation is 3. The second kappa shape index (κ2) is 4.67. The van der Waals surface area contributed by atoms with Gasteiger partial charge in [0.25, 0.3) is 0 Å². The Hall–Kier alpha value is -1.69. The number of halogens is 1. The molecule has 0 aliphatic rings. The lowest BCUT2D eigenvalue weighted by atomic mass is 10.3. The third-order valence-electron chi connectivity index (χ3n) is 2.25. The van der Waals surface area contributed by atoms with Crippen LogP contribution in [-0.4, -0.2) is 20.1 Å². The third kappa shape index (κ3) is 2.71. The number of nitrogens with zero attached hydrogens (tertiary/aromatic N) is 4. The number of hydrogen-bond donors (Lipinski definition) is 1. The van der Waals surface area contributed by atoms with Crippen molar-refractivity contribution in [2.24, 2.45) is 0 Å². The van der Waals surface area contributed by atoms with Gasteiger partial charge in [-0.25, -0.2) is 9.97 Å². The van der Waals surface area contributed by atoms with Crippen LogP contribution in [0.1, 0.15) is 23.1 Å². The molecule has 17 heavy (non-hydrogen) atoms. The molecule has 2 heterocycles. The van der Waals surface area contributed by atoms with Crippen LogP contribution in [0.15, 0.2) is 4.52 Å². The minimum absolute atomic E-state index is 0.341. The van der Waals surface area contributed by atoms with E-state index < -0.39 is 0 Å². The molecule has 0 aliphatic carbocycles. The van der Waals surface area contributed by atoms with Crippen molar-refractivity contribution >= 4 is 17.4 Å². The topological polar surface area (TPSA) is 76.7 Å². The second-order valence-electron chi connectivity index (χ2n) is 3.62. The van der Waals surface area contributed by atoms with Crippen LogP contribution < -0.4 is 5.32 Å². The zero-order valence-corrected chi connectivity index (χ0v) is 10.5. The van der Waals surface area contributed by atoms with Crippen molar-refractivity contribution < 1.29 is 4.52 Å². The average Bonchev–Trinajstić information content (AvgIpc) is 2.68. The SMILES string of the molecule is Cc1nc(CNc2nc(C)c(C)nc2Cl)no1. The standard InChI is InChI=1S/C10H12ClN5O/c1-5-6(2)14-10(9(11)13-5)12-4-8-15-7(3)17-16-8/h4H2,1-3H3,(H,12,14). The first-order valence-electron chi connectivity index (χ1n) is 5.10. The summed E-state index contributed by atoms with van der Waals surface area (Å²) in [4.78, 5) is 12.5. The quantitative estimate of drug-likeness (QED) is 0.902. The maximum Gasteiger partial charge on any atom is 0.223 e. The molecule has 0 aliphatic heterocycles. The van der Waals surface area contributed by atoms with Gasteiger partial charge in [-0.15, -0.1) is 0 Å². The Morgan fingerprint density at radius 2 is 1.82 bits per heavy atom. The highest BCUT2D eigenvalue weighted by Crippen LogP contribution is 2.18. The van der Waals surface area contributed by atoms with Gasteiger partial charge in [-0.3, -0.25) is 0 Å². The summed E-state index contributed by atoms with van der Waals surface area (Å²) in [5.41, 5.74) is 1.65. The summed E-state index contributed by atoms with van der Waals surface area (Å²) in [7, 11) is 0. The first-order valence-corrected chi connectivity index (χ1v) is 5.48. The molecule has 1 N–H and O–H groups in total. The van der Waals surface area contributed by atoms with Crippen molar-refractivity contribution in [2.45, 2.75) is 27.3 Å². The largest absolute Gasteiger partial charge is 0.360 e. The number of hydrogen-bond acceptors (Lipinski definition) is 6. The summed E-state index contributed by atoms with van der Waals surface area (Å²) in [5.74, 6) is 1.61. The van der Waals surface area contributed by atoms with Gasteiger partial charge in [-0.05, 0) is 13.8 Å². The smallest absolute Gasteiger partial charge is 0.223 e. The Bertz CT molecular complexity index is 539. The summed E-state index contributed by atoms with van der Waals surface area (Å²) in [6.07, 6.45) is 0. The second-order valence-corrected chi connectivity index (χ2v) is 3.98. The van der Waals surface area contributed by atoms with E-state index in [2.05, 4.69) is 25.4 Å². The van der Waals surface area contributed by atoms with E-state index in [0.717, 1.165) is 11.4 Å². The molecule has 0 bridgehead atoms. The molecule has 0 atom stereocenters. The molecule has 7 heteroatoms. The molecule has 2 rings (SSSR count). The van der Waals surface area contributed by atoms with Gasteiger partial charge in [0.15, 0.2) is 16.8 Å². The molecule has 0 aromatic carbocycles. The molecular weight excluding hydrogens is 242 g/mol. The van der Waals surface area contributed by atoms with Crippen molar-refractivity contribution in [1.29, 1.82) is 0 Å². The van der Waals surface area contributed by atoms with Crippen LogP contribution in [0.4, 0.5) is 5.82 Å². The highest BCUT2D eigenvalue weighted by molar-refractivity contribution is 6.31. The van der Waals surface area contributed by atoms with Crippen LogP contribution in [0.5, 0.6) is 0 Å². The number of anilines is 1. The molecule has 0 unspecified atom stereocenters. The van der Waals surface area contributed by atoms with Gasteiger partial charge in [0.2, 0.25) is 5.89 Å². The molecule has 0 fully saturated rings. The average molecular weight is 254 g/mol. The van der Waals surface area contributed by atoms with Gasteiger partial charge in [0, 0.05) is 6.92 Å². The van der Waals surface area contributed by atoms with Gasteiger partial charge < -0.3 is 9.84 Å². The lowest BCUT2D eigenvalue weighted by Crippen LogP contribution is -2.06. The molecule has 2 aromatic rings. The molecule has 0 spiro atoms. The monoisotopic (exact) mass is 253 g/mol. The van der Waals surface area contributed by atoms with Crippen LogP contribution in [0.25, 0.3) is 0 Å². The van der Waals surface area contributed by atoms with Gasteiger partial charge in [0.1, 0.15) is 0 Å². The fourth-order valence-corrected chi connectivity index (χ4v) is 1.50. The van der Waals surface area contributed by atoms with E-state index in [0.29, 0.717) is 29.2 Å². The van der Waals surface area contributed by atoms with E-state index in [1.54, 1.807) is 6.92 Å². The van der Waals surface area contributed by atoms with Crippen LogP contribution in [0, 0.1) is 20.8 Å². The molecule has 0 amide bonds. The fourth-order valence-electron chi connectivity index (χ4n) is 1.26. The normalized spacial score (nSPS) is 10.6. The van der Waals surface area contributed by atoms with E-state index in [4.69, 9.17) is 16.1 Å². The molecule has 0 saturated heterocycles. The van der Waals surface area contributed by atoms with Crippen LogP contribution >= 0.6 is 11.6 Å². The summed E-state index contributed by atoms with van der Waals surface area (Å²) < 4.78 is 4.86. The molecule has 2 aromatic heterocycles. The van der Waals surface area contributed by atoms with E-state index in [-0.39, 0.29) is 0 Å². The highest BCUT2D eigenvalue weighted by atomic mass is 35.5. The first kappa shape index (κ1) is 11.8. The van der Waals surface area contributed by atoms with Gasteiger partial charge in [-0.2, -0.15) is 4.98 Å². The highest BCUT2D eigenvalue weighted by Gasteiger charge is 2.08. The van der Waals surface area contributed by atoms with Crippen molar-refractivity contribution in [1.82, 2.24) is 20.1 Å². The maximum atomic E-state index is 5.97. The molecular formula is C10H12ClN5O. The number of aromatic nitrogens is 4. The number of nitrogens with one attached hydrogen (secondary N) is 1. The summed E-state index contributed by atoms with van der Waals surface area (Å²) in [6, 6.07) is 0. The summed E-state index contributed by atoms with van der Waals surface area (Å²) >= 11 is 5.97. The van der Waals surface area contributed by atoms with E-state index >= 15 is 0 Å². The Labute approximate surface area is 103 Å². The minimum atomic E-state index is 0.341. The van der Waals surface area contributed by atoms with Crippen LogP contribution in [-0.2, 0) is 6.54 Å². The van der Waals surface area contributed by atoms with Crippen molar-refractivity contribution in [3.63, 3.8) is 0 Å². The summed E-state index contributed by atoms with van der Waals surface area (Å²) in [6.45, 7) is 5.87. The fraction of sp³-hybridized carbons (Fsp3) is 0.400. The van der Waals surface area contributed by atoms with E-state index in [9.17, 15) is 0 Å². The Morgan fingerprint density at radius 1 is 1.12 bits per heavy atom. The van der Waals surface area contributed by atoms with Crippen LogP contribution in [0.2, 0.25) is 5.15 Å². The zero-order valence-electron chi connectivity index (χ0n) is 9.78. The Balaban J connectivity index is 2.11. The van der Waals surface area contributed by atoms with Gasteiger partial charge in [0.05, 0.1) is 17.9 Å². The van der Waals surface area contributed by atoms with E-state index in [1.165, 1.54) is 0 Å². The van der Waals surface area contributed by atoms with E-state index in [1.807, 2.05) is 13.8 Å². The number of rotatable bonds is 3. The lowest BCUT2D eigenvalue weighted by Gasteiger charge is -2.07. The third-order valence-corrected chi connectivity index (χ3v) is 2.51. The predicted octanol–water partition coefficient (Wildman–Crippen LogP) is 2.05. The van der Waals surface area contributed by atoms with Crippen molar-refractivity contribution in [3.8, 4) is 0 Å². The van der Waals surface area contributed by atoms with Crippen molar-refractivity contribution in [2.75, 3.05) is 5.32 Å². The van der Waals surface area contributed by atoms with Crippen LogP contribution in [0.3, 0.4) is 0 Å². The minimum Gasteiger partial charge on any atom is -0.360 e. The maximum absolute atomic E-state index is 5.97. The Morgan fingerprint density at radius 3 is 2.47 bits per heavy atom. The molecule has 90 valence electrons. The molecule has 0 radical (unpaired) electrons. The first-order chi connectivity index (χ1) is 8.06. The molecule has 6 nitrogen and oxygen atoms in total. The predicted molar refractivity (Wildman–Crippen MR) is 62.9 cm³/mol. The van der Waals surface area contributed by atoms with Gasteiger partial charge >= 0.3 is 0 Å². The lowest BCUT2D eigenvalue weighted by molar-refractivity contribution is 0.388. The summed E-state index contributed by atoms with van der Waals surface area (Å²) in [5, 5.41) is 7.12.